The predicted octanol–water partition coefficient (Wildman–Crippen LogP) is 3.70. The SMILES string of the molecule is O=C1c2ccccc2C(=O)c2c1ccc1[nH]c(CCN3CCN(Cc4ccccc4)CC3)nc21. The Morgan fingerprint density at radius 2 is 1.41 bits per heavy atom. The zero-order valence-electron chi connectivity index (χ0n) is 19.0. The Balaban J connectivity index is 1.14. The number of nitrogens with one attached hydrogen (secondary N) is 1. The standard InChI is InChI=1S/C28H26N4O2/c33-27-20-8-4-5-9-21(20)28(34)25-22(27)10-11-23-26(25)30-24(29-23)12-13-31-14-16-32(17-15-31)18-19-6-2-1-3-7-19/h1-11H,12-18H2,(H,29,30). The molecule has 1 aliphatic heterocycles. The number of H-pyrrole nitrogens is 1. The first-order chi connectivity index (χ1) is 16.7. The van der Waals surface area contributed by atoms with Gasteiger partial charge in [-0.25, -0.2) is 4.98 Å². The van der Waals surface area contributed by atoms with Crippen LogP contribution in [-0.2, 0) is 13.0 Å². The number of ketones is 2. The Morgan fingerprint density at radius 1 is 0.735 bits per heavy atom. The summed E-state index contributed by atoms with van der Waals surface area (Å²) in [5.74, 6) is 0.627. The van der Waals surface area contributed by atoms with E-state index < -0.39 is 0 Å². The number of hydrogen-bond acceptors (Lipinski definition) is 5. The predicted molar refractivity (Wildman–Crippen MR) is 131 cm³/mol. The minimum Gasteiger partial charge on any atom is -0.342 e. The van der Waals surface area contributed by atoms with Crippen molar-refractivity contribution in [2.45, 2.75) is 13.0 Å². The number of carbonyl (C=O) groups excluding carboxylic acids is 2. The summed E-state index contributed by atoms with van der Waals surface area (Å²) in [5.41, 5.74) is 4.58. The molecule has 0 amide bonds. The molecule has 3 aromatic carbocycles. The van der Waals surface area contributed by atoms with E-state index >= 15 is 0 Å². The Hall–Kier alpha value is -3.61. The number of nitrogens with zero attached hydrogens (tertiary/aromatic N) is 3. The summed E-state index contributed by atoms with van der Waals surface area (Å²) < 4.78 is 0. The summed E-state index contributed by atoms with van der Waals surface area (Å²) in [7, 11) is 0. The molecule has 6 nitrogen and oxygen atoms in total. The summed E-state index contributed by atoms with van der Waals surface area (Å²) in [6, 6.07) is 21.3. The number of aromatic amines is 1. The third-order valence-electron chi connectivity index (χ3n) is 6.97. The fourth-order valence-electron chi connectivity index (χ4n) is 5.10. The molecule has 34 heavy (non-hydrogen) atoms. The Kier molecular flexibility index (Phi) is 5.32. The summed E-state index contributed by atoms with van der Waals surface area (Å²) in [6.45, 7) is 6.09. The van der Waals surface area contributed by atoms with Gasteiger partial charge in [0.25, 0.3) is 0 Å². The molecular formula is C28H26N4O2. The van der Waals surface area contributed by atoms with E-state index in [1.165, 1.54) is 5.56 Å². The molecule has 1 aliphatic carbocycles. The van der Waals surface area contributed by atoms with Gasteiger partial charge in [0.05, 0.1) is 11.1 Å². The highest BCUT2D eigenvalue weighted by atomic mass is 16.1. The molecule has 170 valence electrons. The van der Waals surface area contributed by atoms with E-state index in [2.05, 4.69) is 45.1 Å². The molecule has 1 aromatic heterocycles. The van der Waals surface area contributed by atoms with Crippen molar-refractivity contribution >= 4 is 22.6 Å². The first kappa shape index (κ1) is 21.0. The summed E-state index contributed by atoms with van der Waals surface area (Å²) >= 11 is 0. The number of imidazole rings is 1. The largest absolute Gasteiger partial charge is 0.342 e. The van der Waals surface area contributed by atoms with Gasteiger partial charge in [-0.1, -0.05) is 54.6 Å². The van der Waals surface area contributed by atoms with Crippen LogP contribution in [0.3, 0.4) is 0 Å². The summed E-state index contributed by atoms with van der Waals surface area (Å²) in [5, 5.41) is 0. The van der Waals surface area contributed by atoms with E-state index in [0.29, 0.717) is 27.8 Å². The van der Waals surface area contributed by atoms with Crippen LogP contribution in [0.25, 0.3) is 11.0 Å². The molecule has 0 radical (unpaired) electrons. The molecule has 1 N–H and O–H groups in total. The second-order valence-corrected chi connectivity index (χ2v) is 9.13. The fraction of sp³-hybridized carbons (Fsp3) is 0.250. The molecule has 1 fully saturated rings. The van der Waals surface area contributed by atoms with Crippen molar-refractivity contribution in [2.24, 2.45) is 0 Å². The van der Waals surface area contributed by atoms with Gasteiger partial charge in [0.2, 0.25) is 0 Å². The van der Waals surface area contributed by atoms with Crippen molar-refractivity contribution in [3.63, 3.8) is 0 Å². The van der Waals surface area contributed by atoms with E-state index in [1.54, 1.807) is 30.3 Å². The fourth-order valence-corrected chi connectivity index (χ4v) is 5.10. The molecular weight excluding hydrogens is 424 g/mol. The van der Waals surface area contributed by atoms with E-state index in [1.807, 2.05) is 6.07 Å². The first-order valence-electron chi connectivity index (χ1n) is 11.9. The lowest BCUT2D eigenvalue weighted by molar-refractivity contribution is 0.0980. The first-order valence-corrected chi connectivity index (χ1v) is 11.9. The molecule has 0 spiro atoms. The van der Waals surface area contributed by atoms with Crippen LogP contribution in [0.4, 0.5) is 0 Å². The molecule has 2 heterocycles. The van der Waals surface area contributed by atoms with Crippen LogP contribution in [-0.4, -0.2) is 64.1 Å². The van der Waals surface area contributed by atoms with Gasteiger partial charge in [-0.2, -0.15) is 0 Å². The number of fused-ring (bicyclic) bond motifs is 4. The van der Waals surface area contributed by atoms with Crippen molar-refractivity contribution in [2.75, 3.05) is 32.7 Å². The lowest BCUT2D eigenvalue weighted by Gasteiger charge is -2.34. The topological polar surface area (TPSA) is 69.3 Å². The Bertz CT molecular complexity index is 1380. The number of hydrogen-bond donors (Lipinski definition) is 1. The number of benzene rings is 3. The van der Waals surface area contributed by atoms with E-state index in [0.717, 1.165) is 57.0 Å². The van der Waals surface area contributed by atoms with Crippen LogP contribution in [0.1, 0.15) is 43.2 Å². The van der Waals surface area contributed by atoms with Crippen LogP contribution in [0.15, 0.2) is 66.7 Å². The number of aromatic nitrogens is 2. The molecule has 1 saturated heterocycles. The van der Waals surface area contributed by atoms with E-state index in [-0.39, 0.29) is 11.6 Å². The van der Waals surface area contributed by atoms with Crippen molar-refractivity contribution in [1.29, 1.82) is 0 Å². The zero-order valence-corrected chi connectivity index (χ0v) is 19.0. The second kappa shape index (κ2) is 8.63. The van der Waals surface area contributed by atoms with Gasteiger partial charge in [0.15, 0.2) is 11.6 Å². The lowest BCUT2D eigenvalue weighted by Crippen LogP contribution is -2.46. The smallest absolute Gasteiger partial charge is 0.196 e. The number of piperazine rings is 1. The van der Waals surface area contributed by atoms with Gasteiger partial charge in [0.1, 0.15) is 11.3 Å². The molecule has 4 aromatic rings. The normalized spacial score (nSPS) is 16.6. The molecule has 0 bridgehead atoms. The van der Waals surface area contributed by atoms with Gasteiger partial charge in [0, 0.05) is 62.4 Å². The number of rotatable bonds is 5. The van der Waals surface area contributed by atoms with Crippen molar-refractivity contribution in [3.8, 4) is 0 Å². The minimum atomic E-state index is -0.122. The van der Waals surface area contributed by atoms with Gasteiger partial charge in [-0.15, -0.1) is 0 Å². The highest BCUT2D eigenvalue weighted by molar-refractivity contribution is 6.31. The second-order valence-electron chi connectivity index (χ2n) is 9.13. The average molecular weight is 451 g/mol. The molecule has 0 saturated carbocycles. The molecule has 0 unspecified atom stereocenters. The molecule has 2 aliphatic rings. The third kappa shape index (κ3) is 3.75. The van der Waals surface area contributed by atoms with Gasteiger partial charge in [-0.3, -0.25) is 14.5 Å². The van der Waals surface area contributed by atoms with Crippen LogP contribution in [0.5, 0.6) is 0 Å². The molecule has 0 atom stereocenters. The van der Waals surface area contributed by atoms with Crippen LogP contribution < -0.4 is 0 Å². The monoisotopic (exact) mass is 450 g/mol. The highest BCUT2D eigenvalue weighted by Crippen LogP contribution is 2.31. The summed E-state index contributed by atoms with van der Waals surface area (Å²) in [6.07, 6.45) is 0.779. The van der Waals surface area contributed by atoms with Crippen LogP contribution in [0.2, 0.25) is 0 Å². The lowest BCUT2D eigenvalue weighted by atomic mass is 9.83. The van der Waals surface area contributed by atoms with Gasteiger partial charge in [-0.05, 0) is 17.7 Å². The molecule has 6 heteroatoms. The van der Waals surface area contributed by atoms with Crippen molar-refractivity contribution in [1.82, 2.24) is 19.8 Å². The molecule has 6 rings (SSSR count). The number of carbonyl (C=O) groups is 2. The maximum atomic E-state index is 13.2. The van der Waals surface area contributed by atoms with Gasteiger partial charge < -0.3 is 9.88 Å². The third-order valence-corrected chi connectivity index (χ3v) is 6.97. The minimum absolute atomic E-state index is 0.106. The quantitative estimate of drug-likeness (QED) is 0.442. The van der Waals surface area contributed by atoms with E-state index in [4.69, 9.17) is 4.98 Å². The maximum absolute atomic E-state index is 13.2. The van der Waals surface area contributed by atoms with Gasteiger partial charge >= 0.3 is 0 Å². The Labute approximate surface area is 198 Å². The van der Waals surface area contributed by atoms with Crippen LogP contribution >= 0.6 is 0 Å². The zero-order chi connectivity index (χ0) is 23.1. The maximum Gasteiger partial charge on any atom is 0.196 e. The van der Waals surface area contributed by atoms with Crippen molar-refractivity contribution < 1.29 is 9.59 Å². The average Bonchev–Trinajstić information content (AvgIpc) is 3.30. The Morgan fingerprint density at radius 3 is 2.18 bits per heavy atom. The summed E-state index contributed by atoms with van der Waals surface area (Å²) in [4.78, 5) is 39.3. The van der Waals surface area contributed by atoms with Crippen LogP contribution in [0, 0.1) is 0 Å². The van der Waals surface area contributed by atoms with Crippen molar-refractivity contribution in [3.05, 3.63) is 100 Å². The van der Waals surface area contributed by atoms with E-state index in [9.17, 15) is 9.59 Å². The highest BCUT2D eigenvalue weighted by Gasteiger charge is 2.32.